The summed E-state index contributed by atoms with van der Waals surface area (Å²) >= 11 is 0. The largest absolute Gasteiger partial charge is 0.668 e. The Balaban J connectivity index is 0.00000324. The van der Waals surface area contributed by atoms with Crippen molar-refractivity contribution in [2.75, 3.05) is 0 Å². The number of hydrogen-bond donors (Lipinski definition) is 2. The van der Waals surface area contributed by atoms with E-state index in [2.05, 4.69) is 5.32 Å². The average molecular weight is 413 g/mol. The molecule has 0 aromatic rings. The van der Waals surface area contributed by atoms with Gasteiger partial charge in [0.05, 0.1) is 12.0 Å². The average Bonchev–Trinajstić information content (AvgIpc) is 2.28. The van der Waals surface area contributed by atoms with E-state index in [1.165, 1.54) is 32.1 Å². The van der Waals surface area contributed by atoms with Gasteiger partial charge in [0.25, 0.3) is 0 Å². The molecule has 0 heterocycles. The number of nitrogens with one attached hydrogen (secondary N) is 2. The second kappa shape index (κ2) is 10.4. The number of carbonyl (C=O) groups excluding carboxylic acids is 1. The summed E-state index contributed by atoms with van der Waals surface area (Å²) in [4.78, 5) is 10.8. The minimum Gasteiger partial charge on any atom is -0.668 e. The van der Waals surface area contributed by atoms with Gasteiger partial charge in [0.15, 0.2) is 0 Å². The monoisotopic (exact) mass is 413 g/mol. The van der Waals surface area contributed by atoms with E-state index in [1.54, 1.807) is 0 Å². The van der Waals surface area contributed by atoms with E-state index in [0.717, 1.165) is 6.42 Å². The summed E-state index contributed by atoms with van der Waals surface area (Å²) in [6, 6.07) is 0.233. The smallest absolute Gasteiger partial charge is 0.0746 e. The van der Waals surface area contributed by atoms with Gasteiger partial charge in [-0.1, -0.05) is 46.0 Å². The molecule has 3 N–H and O–H groups in total. The molecular weight excluding hydrogens is 385 g/mol. The quantitative estimate of drug-likeness (QED) is 0.675. The first-order chi connectivity index (χ1) is 8.49. The van der Waals surface area contributed by atoms with Crippen molar-refractivity contribution in [3.8, 4) is 0 Å². The van der Waals surface area contributed by atoms with E-state index < -0.39 is 12.0 Å². The van der Waals surface area contributed by atoms with Crippen LogP contribution in [0.4, 0.5) is 0 Å². The molecular formula is C14H27GdN2O2-. The third-order valence-corrected chi connectivity index (χ3v) is 3.72. The van der Waals surface area contributed by atoms with Crippen molar-refractivity contribution >= 4 is 5.91 Å². The molecule has 0 aromatic heterocycles. The molecule has 0 spiro atoms. The zero-order valence-corrected chi connectivity index (χ0v) is 14.2. The van der Waals surface area contributed by atoms with E-state index in [9.17, 15) is 9.90 Å². The van der Waals surface area contributed by atoms with Crippen LogP contribution in [0.2, 0.25) is 0 Å². The number of rotatable bonds is 7. The molecule has 0 saturated heterocycles. The summed E-state index contributed by atoms with van der Waals surface area (Å²) < 4.78 is 0. The number of aliphatic hydroxyl groups is 1. The van der Waals surface area contributed by atoms with Crippen LogP contribution in [0.1, 0.15) is 58.8 Å². The SMILES string of the molecule is CC(C)N[C@@H](CC1CCCCC1)[C@@H](O)CC([NH-])=O.[Gd]. The van der Waals surface area contributed by atoms with Gasteiger partial charge in [-0.25, -0.2) is 0 Å². The molecule has 4 nitrogen and oxygen atoms in total. The molecule has 0 unspecified atom stereocenters. The zero-order valence-electron chi connectivity index (χ0n) is 12.0. The molecule has 0 bridgehead atoms. The van der Waals surface area contributed by atoms with E-state index in [1.807, 2.05) is 13.8 Å². The topological polar surface area (TPSA) is 73.1 Å². The number of hydrogen-bond acceptors (Lipinski definition) is 3. The third-order valence-electron chi connectivity index (χ3n) is 3.72. The summed E-state index contributed by atoms with van der Waals surface area (Å²) in [6.45, 7) is 4.09. The minimum atomic E-state index is -0.723. The molecule has 0 radical (unpaired) electrons. The molecule has 1 aliphatic carbocycles. The second-order valence-corrected chi connectivity index (χ2v) is 5.86. The van der Waals surface area contributed by atoms with Crippen LogP contribution in [0.15, 0.2) is 0 Å². The maximum Gasteiger partial charge on any atom is 0.0746 e. The van der Waals surface area contributed by atoms with Gasteiger partial charge >= 0.3 is 0 Å². The zero-order chi connectivity index (χ0) is 13.5. The van der Waals surface area contributed by atoms with Gasteiger partial charge in [-0.2, -0.15) is 0 Å². The molecule has 0 aromatic carbocycles. The van der Waals surface area contributed by atoms with Gasteiger partial charge < -0.3 is 21.0 Å². The summed E-state index contributed by atoms with van der Waals surface area (Å²) in [5.74, 6) is -0.0211. The molecule has 1 rings (SSSR count). The van der Waals surface area contributed by atoms with Crippen LogP contribution < -0.4 is 5.32 Å². The van der Waals surface area contributed by atoms with Crippen molar-refractivity contribution in [1.29, 1.82) is 0 Å². The fourth-order valence-corrected chi connectivity index (χ4v) is 2.88. The van der Waals surface area contributed by atoms with E-state index in [4.69, 9.17) is 5.73 Å². The normalized spacial score (nSPS) is 19.8. The maximum atomic E-state index is 10.8. The van der Waals surface area contributed by atoms with E-state index >= 15 is 0 Å². The van der Waals surface area contributed by atoms with Crippen LogP contribution >= 0.6 is 0 Å². The molecule has 1 saturated carbocycles. The Morgan fingerprint density at radius 3 is 2.37 bits per heavy atom. The van der Waals surface area contributed by atoms with Gasteiger partial charge in [0.1, 0.15) is 0 Å². The second-order valence-electron chi connectivity index (χ2n) is 5.86. The van der Waals surface area contributed by atoms with Crippen LogP contribution in [-0.2, 0) is 4.79 Å². The Morgan fingerprint density at radius 2 is 1.89 bits per heavy atom. The van der Waals surface area contributed by atoms with Crippen molar-refractivity contribution in [1.82, 2.24) is 5.32 Å². The van der Waals surface area contributed by atoms with Crippen molar-refractivity contribution in [2.45, 2.75) is 77.0 Å². The van der Waals surface area contributed by atoms with Crippen molar-refractivity contribution in [3.63, 3.8) is 0 Å². The van der Waals surface area contributed by atoms with Crippen molar-refractivity contribution in [3.05, 3.63) is 5.73 Å². The van der Waals surface area contributed by atoms with Crippen LogP contribution in [-0.4, -0.2) is 29.2 Å². The Bertz CT molecular complexity index is 256. The summed E-state index contributed by atoms with van der Waals surface area (Å²) in [7, 11) is 0. The summed E-state index contributed by atoms with van der Waals surface area (Å²) in [6.07, 6.45) is 6.50. The van der Waals surface area contributed by atoms with Gasteiger partial charge in [-0.05, 0) is 12.3 Å². The first-order valence-electron chi connectivity index (χ1n) is 7.17. The van der Waals surface area contributed by atoms with E-state index in [-0.39, 0.29) is 58.4 Å². The van der Waals surface area contributed by atoms with Crippen LogP contribution in [0.25, 0.3) is 5.73 Å². The molecule has 0 aliphatic heterocycles. The standard InChI is InChI=1S/C14H28N2O2.Gd/c1-10(2)16-12(13(17)9-14(15)18)8-11-6-4-3-5-7-11;/h10-13,16-17H,3-9H2,1-2H3,(H2,15,18);/p-1/t12-,13-;/m0./s1. The predicted octanol–water partition coefficient (Wildman–Crippen LogP) is 2.65. The molecule has 19 heavy (non-hydrogen) atoms. The molecule has 1 aliphatic rings. The Kier molecular flexibility index (Phi) is 10.8. The van der Waals surface area contributed by atoms with Crippen molar-refractivity contribution < 1.29 is 49.8 Å². The Labute approximate surface area is 149 Å². The van der Waals surface area contributed by atoms with Crippen molar-refractivity contribution in [2.24, 2.45) is 5.92 Å². The maximum absolute atomic E-state index is 10.8. The minimum absolute atomic E-state index is 0. The Morgan fingerprint density at radius 1 is 1.32 bits per heavy atom. The van der Waals surface area contributed by atoms with Gasteiger partial charge in [-0.15, -0.1) is 0 Å². The number of carbonyl (C=O) groups is 1. The number of aliphatic hydroxyl groups excluding tert-OH is 1. The molecule has 1 fully saturated rings. The van der Waals surface area contributed by atoms with Gasteiger partial charge in [0, 0.05) is 58.4 Å². The Hall–Kier alpha value is 0.715. The third kappa shape index (κ3) is 8.56. The molecule has 2 atom stereocenters. The van der Waals surface area contributed by atoms with Gasteiger partial charge in [0.2, 0.25) is 0 Å². The van der Waals surface area contributed by atoms with Crippen LogP contribution in [0.5, 0.6) is 0 Å². The summed E-state index contributed by atoms with van der Waals surface area (Å²) in [5, 5.41) is 13.4. The molecule has 5 heteroatoms. The number of amides is 1. The molecule has 1 amide bonds. The fourth-order valence-electron chi connectivity index (χ4n) is 2.88. The van der Waals surface area contributed by atoms with Crippen LogP contribution in [0.3, 0.4) is 0 Å². The first kappa shape index (κ1) is 19.7. The summed E-state index contributed by atoms with van der Waals surface area (Å²) in [5.41, 5.74) is 6.98. The van der Waals surface area contributed by atoms with Gasteiger partial charge in [-0.3, -0.25) is 0 Å². The molecule has 114 valence electrons. The fraction of sp³-hybridized carbons (Fsp3) is 0.929. The predicted molar refractivity (Wildman–Crippen MR) is 73.2 cm³/mol. The first-order valence-corrected chi connectivity index (χ1v) is 7.17. The van der Waals surface area contributed by atoms with E-state index in [0.29, 0.717) is 5.92 Å². The van der Waals surface area contributed by atoms with Crippen LogP contribution in [0, 0.1) is 45.9 Å².